The molecule has 1 amide bonds. The van der Waals surface area contributed by atoms with Crippen LogP contribution in [-0.4, -0.2) is 23.2 Å². The van der Waals surface area contributed by atoms with Crippen molar-refractivity contribution in [3.63, 3.8) is 0 Å². The first-order valence-corrected chi connectivity index (χ1v) is 7.22. The number of nitro benzene ring substituents is 1. The summed E-state index contributed by atoms with van der Waals surface area (Å²) in [5.41, 5.74) is 0.488. The summed E-state index contributed by atoms with van der Waals surface area (Å²) in [7, 11) is 0. The van der Waals surface area contributed by atoms with E-state index in [0.717, 1.165) is 0 Å². The molecule has 2 aromatic rings. The second-order valence-corrected chi connectivity index (χ2v) is 5.25. The Morgan fingerprint density at radius 3 is 2.46 bits per heavy atom. The number of ether oxygens (including phenoxy) is 1. The first-order chi connectivity index (χ1) is 11.4. The van der Waals surface area contributed by atoms with Gasteiger partial charge < -0.3 is 10.1 Å². The van der Waals surface area contributed by atoms with Crippen LogP contribution in [0.15, 0.2) is 42.5 Å². The molecule has 8 heteroatoms. The Hall–Kier alpha value is -2.93. The van der Waals surface area contributed by atoms with Crippen LogP contribution in [0, 0.1) is 10.1 Å². The van der Waals surface area contributed by atoms with E-state index in [1.807, 2.05) is 0 Å². The number of rotatable bonds is 6. The Morgan fingerprint density at radius 2 is 1.88 bits per heavy atom. The molecule has 24 heavy (non-hydrogen) atoms. The first kappa shape index (κ1) is 17.4. The molecule has 0 aromatic heterocycles. The molecule has 0 saturated heterocycles. The molecular weight excluding hydrogens is 336 g/mol. The minimum atomic E-state index is -0.634. The average Bonchev–Trinajstić information content (AvgIpc) is 2.55. The Kier molecular flexibility index (Phi) is 5.49. The average molecular weight is 349 g/mol. The SMILES string of the molecule is CC(=O)c1ccc(OCC(=O)Nc2ccc(Cl)c([N+](=O)[O-])c2)cc1. The topological polar surface area (TPSA) is 98.5 Å². The fraction of sp³-hybridized carbons (Fsp3) is 0.125. The maximum atomic E-state index is 11.8. The van der Waals surface area contributed by atoms with Crippen LogP contribution < -0.4 is 10.1 Å². The van der Waals surface area contributed by atoms with Gasteiger partial charge in [-0.25, -0.2) is 0 Å². The molecule has 124 valence electrons. The number of ketones is 1. The number of halogens is 1. The van der Waals surface area contributed by atoms with E-state index >= 15 is 0 Å². The van der Waals surface area contributed by atoms with Crippen LogP contribution in [0.5, 0.6) is 5.75 Å². The molecule has 2 aromatic carbocycles. The normalized spacial score (nSPS) is 10.1. The monoisotopic (exact) mass is 348 g/mol. The summed E-state index contributed by atoms with van der Waals surface area (Å²) < 4.78 is 5.29. The third-order valence-corrected chi connectivity index (χ3v) is 3.38. The minimum absolute atomic E-state index is 0.0141. The molecule has 0 aliphatic rings. The van der Waals surface area contributed by atoms with Gasteiger partial charge in [-0.1, -0.05) is 11.6 Å². The largest absolute Gasteiger partial charge is 0.484 e. The van der Waals surface area contributed by atoms with Gasteiger partial charge in [-0.2, -0.15) is 0 Å². The van der Waals surface area contributed by atoms with Gasteiger partial charge in [0, 0.05) is 17.3 Å². The highest BCUT2D eigenvalue weighted by molar-refractivity contribution is 6.32. The van der Waals surface area contributed by atoms with Gasteiger partial charge in [0.2, 0.25) is 0 Å². The lowest BCUT2D eigenvalue weighted by Crippen LogP contribution is -2.20. The van der Waals surface area contributed by atoms with Crippen molar-refractivity contribution in [1.82, 2.24) is 0 Å². The van der Waals surface area contributed by atoms with Gasteiger partial charge in [0.25, 0.3) is 11.6 Å². The lowest BCUT2D eigenvalue weighted by molar-refractivity contribution is -0.384. The Balaban J connectivity index is 1.95. The molecular formula is C16H13ClN2O5. The highest BCUT2D eigenvalue weighted by atomic mass is 35.5. The number of Topliss-reactive ketones (excluding diaryl/α,β-unsaturated/α-hetero) is 1. The van der Waals surface area contributed by atoms with Gasteiger partial charge in [0.1, 0.15) is 10.8 Å². The van der Waals surface area contributed by atoms with Crippen LogP contribution in [0.4, 0.5) is 11.4 Å². The summed E-state index contributed by atoms with van der Waals surface area (Å²) >= 11 is 5.70. The molecule has 0 aliphatic heterocycles. The van der Waals surface area contributed by atoms with Crippen molar-refractivity contribution in [2.75, 3.05) is 11.9 Å². The second-order valence-electron chi connectivity index (χ2n) is 4.84. The van der Waals surface area contributed by atoms with Gasteiger partial charge in [0.05, 0.1) is 4.92 Å². The number of anilines is 1. The number of benzene rings is 2. The van der Waals surface area contributed by atoms with E-state index in [9.17, 15) is 19.7 Å². The molecule has 0 unspecified atom stereocenters. The lowest BCUT2D eigenvalue weighted by Gasteiger charge is -2.08. The van der Waals surface area contributed by atoms with E-state index in [1.54, 1.807) is 24.3 Å². The standard InChI is InChI=1S/C16H13ClN2O5/c1-10(20)11-2-5-13(6-3-11)24-9-16(21)18-12-4-7-14(17)15(8-12)19(22)23/h2-8H,9H2,1H3,(H,18,21). The number of carbonyl (C=O) groups is 2. The molecule has 0 saturated carbocycles. The van der Waals surface area contributed by atoms with Crippen LogP contribution in [0.3, 0.4) is 0 Å². The summed E-state index contributed by atoms with van der Waals surface area (Å²) in [4.78, 5) is 33.2. The predicted molar refractivity (Wildman–Crippen MR) is 88.7 cm³/mol. The molecule has 1 N–H and O–H groups in total. The number of nitro groups is 1. The van der Waals surface area contributed by atoms with Crippen LogP contribution >= 0.6 is 11.6 Å². The Labute approximate surface area is 142 Å². The van der Waals surface area contributed by atoms with Crippen molar-refractivity contribution in [1.29, 1.82) is 0 Å². The van der Waals surface area contributed by atoms with E-state index in [4.69, 9.17) is 16.3 Å². The molecule has 0 spiro atoms. The highest BCUT2D eigenvalue weighted by Gasteiger charge is 2.14. The second kappa shape index (κ2) is 7.56. The van der Waals surface area contributed by atoms with Crippen LogP contribution in [0.2, 0.25) is 5.02 Å². The number of hydrogen-bond acceptors (Lipinski definition) is 5. The van der Waals surface area contributed by atoms with Gasteiger partial charge in [-0.05, 0) is 43.3 Å². The van der Waals surface area contributed by atoms with Gasteiger partial charge >= 0.3 is 0 Å². The Morgan fingerprint density at radius 1 is 1.21 bits per heavy atom. The summed E-state index contributed by atoms with van der Waals surface area (Å²) in [6.07, 6.45) is 0. The van der Waals surface area contributed by atoms with E-state index in [-0.39, 0.29) is 28.8 Å². The highest BCUT2D eigenvalue weighted by Crippen LogP contribution is 2.27. The summed E-state index contributed by atoms with van der Waals surface area (Å²) in [6, 6.07) is 10.3. The zero-order valence-electron chi connectivity index (χ0n) is 12.6. The number of nitrogens with one attached hydrogen (secondary N) is 1. The molecule has 2 rings (SSSR count). The fourth-order valence-corrected chi connectivity index (χ4v) is 2.05. The van der Waals surface area contributed by atoms with E-state index in [0.29, 0.717) is 11.3 Å². The van der Waals surface area contributed by atoms with Crippen LogP contribution in [0.25, 0.3) is 0 Å². The minimum Gasteiger partial charge on any atom is -0.484 e. The number of amides is 1. The quantitative estimate of drug-likeness (QED) is 0.489. The van der Waals surface area contributed by atoms with Gasteiger partial charge in [0.15, 0.2) is 12.4 Å². The third kappa shape index (κ3) is 4.53. The van der Waals surface area contributed by atoms with Crippen molar-refractivity contribution in [3.05, 3.63) is 63.2 Å². The molecule has 0 atom stereocenters. The molecule has 0 heterocycles. The number of hydrogen-bond donors (Lipinski definition) is 1. The maximum absolute atomic E-state index is 11.8. The molecule has 0 radical (unpaired) electrons. The zero-order valence-corrected chi connectivity index (χ0v) is 13.4. The van der Waals surface area contributed by atoms with Crippen LogP contribution in [0.1, 0.15) is 17.3 Å². The molecule has 7 nitrogen and oxygen atoms in total. The molecule has 0 bridgehead atoms. The summed E-state index contributed by atoms with van der Waals surface area (Å²) in [5.74, 6) is -0.122. The van der Waals surface area contributed by atoms with Crippen molar-refractivity contribution in [2.45, 2.75) is 6.92 Å². The number of nitrogens with zero attached hydrogens (tertiary/aromatic N) is 1. The summed E-state index contributed by atoms with van der Waals surface area (Å²) in [5, 5.41) is 13.3. The third-order valence-electron chi connectivity index (χ3n) is 3.06. The first-order valence-electron chi connectivity index (χ1n) is 6.84. The van der Waals surface area contributed by atoms with Gasteiger partial charge in [-0.15, -0.1) is 0 Å². The predicted octanol–water partition coefficient (Wildman–Crippen LogP) is 3.47. The van der Waals surface area contributed by atoms with Crippen molar-refractivity contribution < 1.29 is 19.2 Å². The van der Waals surface area contributed by atoms with E-state index < -0.39 is 10.8 Å². The van der Waals surface area contributed by atoms with Crippen molar-refractivity contribution in [2.24, 2.45) is 0 Å². The van der Waals surface area contributed by atoms with E-state index in [2.05, 4.69) is 5.32 Å². The van der Waals surface area contributed by atoms with Crippen molar-refractivity contribution >= 4 is 34.7 Å². The smallest absolute Gasteiger partial charge is 0.289 e. The molecule has 0 aliphatic carbocycles. The Bertz CT molecular complexity index is 790. The van der Waals surface area contributed by atoms with Gasteiger partial charge in [-0.3, -0.25) is 19.7 Å². The zero-order chi connectivity index (χ0) is 17.7. The van der Waals surface area contributed by atoms with Crippen molar-refractivity contribution in [3.8, 4) is 5.75 Å². The maximum Gasteiger partial charge on any atom is 0.289 e. The summed E-state index contributed by atoms with van der Waals surface area (Å²) in [6.45, 7) is 1.17. The van der Waals surface area contributed by atoms with E-state index in [1.165, 1.54) is 25.1 Å². The number of carbonyl (C=O) groups excluding carboxylic acids is 2. The molecule has 0 fully saturated rings. The van der Waals surface area contributed by atoms with Crippen LogP contribution in [-0.2, 0) is 4.79 Å². The fourth-order valence-electron chi connectivity index (χ4n) is 1.86. The lowest BCUT2D eigenvalue weighted by atomic mass is 10.1.